The fraction of sp³-hybridized carbons (Fsp3) is 0.889. The molecule has 0 aromatic carbocycles. The van der Waals surface area contributed by atoms with E-state index in [0.29, 0.717) is 0 Å². The van der Waals surface area contributed by atoms with Gasteiger partial charge in [-0.05, 0) is 32.1 Å². The van der Waals surface area contributed by atoms with Gasteiger partial charge in [0.1, 0.15) is 0 Å². The summed E-state index contributed by atoms with van der Waals surface area (Å²) in [4.78, 5) is 0. The Balaban J connectivity index is 3.01. The van der Waals surface area contributed by atoms with Gasteiger partial charge in [-0.15, -0.1) is 0 Å². The minimum Gasteiger partial charge on any atom is -0.245 e. The van der Waals surface area contributed by atoms with Crippen molar-refractivity contribution in [3.8, 4) is 0 Å². The zero-order valence-corrected chi connectivity index (χ0v) is 13.5. The molecule has 0 rings (SSSR count). The van der Waals surface area contributed by atoms with Crippen LogP contribution >= 0.6 is 0 Å². The van der Waals surface area contributed by atoms with E-state index in [9.17, 15) is 0 Å². The van der Waals surface area contributed by atoms with Crippen LogP contribution in [0.1, 0.15) is 90.4 Å². The van der Waals surface area contributed by atoms with Gasteiger partial charge in [0.05, 0.1) is 0 Å². The third-order valence-corrected chi connectivity index (χ3v) is 3.64. The first kappa shape index (κ1) is 18.7. The number of allylic oxidation sites excluding steroid dienone is 2. The fourth-order valence-corrected chi connectivity index (χ4v) is 2.34. The average molecular weight is 266 g/mol. The molecular formula is C18H36N. The van der Waals surface area contributed by atoms with Crippen molar-refractivity contribution >= 4 is 0 Å². The fourth-order valence-electron chi connectivity index (χ4n) is 2.34. The lowest BCUT2D eigenvalue weighted by Gasteiger charge is -1.99. The molecule has 19 heavy (non-hydrogen) atoms. The van der Waals surface area contributed by atoms with E-state index in [-0.39, 0.29) is 0 Å². The van der Waals surface area contributed by atoms with Crippen molar-refractivity contribution in [2.24, 2.45) is 0 Å². The molecule has 0 amide bonds. The predicted octanol–water partition coefficient (Wildman–Crippen LogP) is 5.87. The van der Waals surface area contributed by atoms with Gasteiger partial charge in [-0.3, -0.25) is 0 Å². The quantitative estimate of drug-likeness (QED) is 0.260. The molecule has 1 heteroatoms. The summed E-state index contributed by atoms with van der Waals surface area (Å²) in [5.74, 6) is 0. The highest BCUT2D eigenvalue weighted by molar-refractivity contribution is 4.81. The second kappa shape index (κ2) is 17.7. The highest BCUT2D eigenvalue weighted by Gasteiger charge is 1.90. The van der Waals surface area contributed by atoms with Crippen LogP contribution in [-0.4, -0.2) is 13.6 Å². The summed E-state index contributed by atoms with van der Waals surface area (Å²) in [5, 5.41) is 4.12. The molecule has 113 valence electrons. The maximum absolute atomic E-state index is 4.12. The maximum atomic E-state index is 4.12. The largest absolute Gasteiger partial charge is 0.245 e. The Labute approximate surface area is 122 Å². The van der Waals surface area contributed by atoms with Crippen LogP contribution in [0, 0.1) is 0 Å². The number of nitrogens with zero attached hydrogens (tertiary/aromatic N) is 1. The van der Waals surface area contributed by atoms with Gasteiger partial charge in [0.25, 0.3) is 0 Å². The van der Waals surface area contributed by atoms with Crippen LogP contribution in [0.5, 0.6) is 0 Å². The topological polar surface area (TPSA) is 14.1 Å². The molecule has 0 unspecified atom stereocenters. The molecule has 1 nitrogen and oxygen atoms in total. The standard InChI is InChI=1S/C18H36N/c1-3-4-5-6-7-8-9-10-11-12-13-14-15-16-17-18-19-2/h10-11H,3-9,12-18H2,1-2H3/b11-10+. The van der Waals surface area contributed by atoms with Crippen molar-refractivity contribution in [2.75, 3.05) is 13.6 Å². The van der Waals surface area contributed by atoms with Crippen LogP contribution in [-0.2, 0) is 0 Å². The van der Waals surface area contributed by atoms with E-state index < -0.39 is 0 Å². The van der Waals surface area contributed by atoms with Crippen LogP contribution in [0.2, 0.25) is 0 Å². The lowest BCUT2D eigenvalue weighted by Crippen LogP contribution is -1.98. The highest BCUT2D eigenvalue weighted by Crippen LogP contribution is 2.09. The summed E-state index contributed by atoms with van der Waals surface area (Å²) >= 11 is 0. The molecule has 0 saturated carbocycles. The molecule has 0 spiro atoms. The van der Waals surface area contributed by atoms with E-state index in [1.165, 1.54) is 83.5 Å². The summed E-state index contributed by atoms with van der Waals surface area (Å²) in [7, 11) is 1.91. The van der Waals surface area contributed by atoms with Gasteiger partial charge in [-0.25, -0.2) is 5.32 Å². The number of hydrogen-bond acceptors (Lipinski definition) is 0. The van der Waals surface area contributed by atoms with Crippen molar-refractivity contribution in [3.63, 3.8) is 0 Å². The molecule has 0 aliphatic heterocycles. The monoisotopic (exact) mass is 266 g/mol. The van der Waals surface area contributed by atoms with Gasteiger partial charge < -0.3 is 0 Å². The SMILES string of the molecule is CCCCCCCC/C=C/CCCCCCC[N]C. The lowest BCUT2D eigenvalue weighted by atomic mass is 10.1. The van der Waals surface area contributed by atoms with Crippen LogP contribution < -0.4 is 5.32 Å². The van der Waals surface area contributed by atoms with Crippen LogP contribution in [0.15, 0.2) is 12.2 Å². The van der Waals surface area contributed by atoms with E-state index in [0.717, 1.165) is 6.54 Å². The molecule has 0 saturated heterocycles. The van der Waals surface area contributed by atoms with Gasteiger partial charge in [0, 0.05) is 13.6 Å². The molecule has 0 aliphatic rings. The molecule has 1 radical (unpaired) electrons. The Bertz CT molecular complexity index is 175. The lowest BCUT2D eigenvalue weighted by molar-refractivity contribution is 0.595. The van der Waals surface area contributed by atoms with Crippen LogP contribution in [0.3, 0.4) is 0 Å². The molecule has 0 bridgehead atoms. The van der Waals surface area contributed by atoms with Crippen molar-refractivity contribution in [3.05, 3.63) is 12.2 Å². The molecule has 0 aromatic heterocycles. The Morgan fingerprint density at radius 3 is 1.63 bits per heavy atom. The zero-order valence-electron chi connectivity index (χ0n) is 13.5. The van der Waals surface area contributed by atoms with Gasteiger partial charge in [-0.2, -0.15) is 0 Å². The van der Waals surface area contributed by atoms with E-state index >= 15 is 0 Å². The van der Waals surface area contributed by atoms with Crippen molar-refractivity contribution in [1.82, 2.24) is 5.32 Å². The van der Waals surface area contributed by atoms with Crippen LogP contribution in [0.25, 0.3) is 0 Å². The maximum Gasteiger partial charge on any atom is 0.0130 e. The summed E-state index contributed by atoms with van der Waals surface area (Å²) in [6, 6.07) is 0. The Morgan fingerprint density at radius 2 is 1.11 bits per heavy atom. The molecule has 0 N–H and O–H groups in total. The first-order valence-electron chi connectivity index (χ1n) is 8.62. The third kappa shape index (κ3) is 17.7. The smallest absolute Gasteiger partial charge is 0.0130 e. The van der Waals surface area contributed by atoms with Gasteiger partial charge in [0.15, 0.2) is 0 Å². The Kier molecular flexibility index (Phi) is 17.4. The molecule has 0 atom stereocenters. The Morgan fingerprint density at radius 1 is 0.632 bits per heavy atom. The van der Waals surface area contributed by atoms with Gasteiger partial charge in [-0.1, -0.05) is 70.4 Å². The minimum absolute atomic E-state index is 1.05. The van der Waals surface area contributed by atoms with Crippen molar-refractivity contribution < 1.29 is 0 Å². The minimum atomic E-state index is 1.05. The second-order valence-corrected chi connectivity index (χ2v) is 5.62. The highest BCUT2D eigenvalue weighted by atomic mass is 14.8. The summed E-state index contributed by atoms with van der Waals surface area (Å²) in [5.41, 5.74) is 0. The van der Waals surface area contributed by atoms with Gasteiger partial charge in [0.2, 0.25) is 0 Å². The normalized spacial score (nSPS) is 11.5. The Hall–Kier alpha value is -0.300. The van der Waals surface area contributed by atoms with Crippen molar-refractivity contribution in [1.29, 1.82) is 0 Å². The number of unbranched alkanes of at least 4 members (excludes halogenated alkanes) is 11. The first-order chi connectivity index (χ1) is 9.41. The molecule has 0 aromatic rings. The molecule has 0 heterocycles. The van der Waals surface area contributed by atoms with Gasteiger partial charge >= 0.3 is 0 Å². The molecule has 0 aliphatic carbocycles. The third-order valence-electron chi connectivity index (χ3n) is 3.64. The molecule has 0 fully saturated rings. The van der Waals surface area contributed by atoms with Crippen molar-refractivity contribution in [2.45, 2.75) is 90.4 Å². The average Bonchev–Trinajstić information content (AvgIpc) is 2.43. The predicted molar refractivity (Wildman–Crippen MR) is 87.8 cm³/mol. The summed E-state index contributed by atoms with van der Waals surface area (Å²) < 4.78 is 0. The summed E-state index contributed by atoms with van der Waals surface area (Å²) in [6.45, 7) is 3.33. The first-order valence-corrected chi connectivity index (χ1v) is 8.62. The second-order valence-electron chi connectivity index (χ2n) is 5.62. The summed E-state index contributed by atoms with van der Waals surface area (Å²) in [6.07, 6.45) is 22.6. The molecular weight excluding hydrogens is 230 g/mol. The number of hydrogen-bond donors (Lipinski definition) is 0. The van der Waals surface area contributed by atoms with E-state index in [1.807, 2.05) is 7.05 Å². The van der Waals surface area contributed by atoms with E-state index in [2.05, 4.69) is 24.4 Å². The zero-order chi connectivity index (χ0) is 14.0. The number of rotatable bonds is 15. The van der Waals surface area contributed by atoms with E-state index in [4.69, 9.17) is 0 Å². The van der Waals surface area contributed by atoms with Crippen LogP contribution in [0.4, 0.5) is 0 Å². The van der Waals surface area contributed by atoms with E-state index in [1.54, 1.807) is 0 Å².